The molecule has 18 heavy (non-hydrogen) atoms. The van der Waals surface area contributed by atoms with Crippen LogP contribution in [0.25, 0.3) is 0 Å². The zero-order chi connectivity index (χ0) is 13.4. The van der Waals surface area contributed by atoms with Crippen LogP contribution in [0.4, 0.5) is 0 Å². The largest absolute Gasteiger partial charge is 0.464 e. The van der Waals surface area contributed by atoms with E-state index in [0.717, 1.165) is 0 Å². The minimum absolute atomic E-state index is 0.252. The molecule has 0 spiro atoms. The van der Waals surface area contributed by atoms with Gasteiger partial charge in [0.15, 0.2) is 6.04 Å². The maximum atomic E-state index is 11.9. The number of hydrogen-bond donors (Lipinski definition) is 1. The summed E-state index contributed by atoms with van der Waals surface area (Å²) in [5.41, 5.74) is 2.95. The number of benzene rings is 1. The summed E-state index contributed by atoms with van der Waals surface area (Å²) in [5, 5.41) is 2.55. The van der Waals surface area contributed by atoms with E-state index in [-0.39, 0.29) is 12.5 Å². The molecule has 1 aromatic carbocycles. The molecule has 0 aromatic heterocycles. The van der Waals surface area contributed by atoms with Crippen molar-refractivity contribution in [2.24, 2.45) is 0 Å². The summed E-state index contributed by atoms with van der Waals surface area (Å²) in [6, 6.07) is 7.76. The van der Waals surface area contributed by atoms with Crippen molar-refractivity contribution in [3.63, 3.8) is 0 Å². The fraction of sp³-hybridized carbons (Fsp3) is 0.214. The first kappa shape index (κ1) is 13.7. The van der Waals surface area contributed by atoms with E-state index >= 15 is 0 Å². The maximum absolute atomic E-state index is 11.9. The first-order chi connectivity index (χ1) is 8.69. The second-order valence-corrected chi connectivity index (χ2v) is 3.44. The lowest BCUT2D eigenvalue weighted by Crippen LogP contribution is -2.40. The van der Waals surface area contributed by atoms with Gasteiger partial charge in [-0.3, -0.25) is 4.79 Å². The number of amides is 1. The van der Waals surface area contributed by atoms with E-state index in [9.17, 15) is 9.59 Å². The second-order valence-electron chi connectivity index (χ2n) is 3.44. The van der Waals surface area contributed by atoms with Gasteiger partial charge in [-0.15, -0.1) is 5.73 Å². The van der Waals surface area contributed by atoms with Gasteiger partial charge in [-0.1, -0.05) is 24.8 Å². The number of hydrogen-bond acceptors (Lipinski definition) is 3. The van der Waals surface area contributed by atoms with Gasteiger partial charge >= 0.3 is 5.97 Å². The quantitative estimate of drug-likeness (QED) is 0.634. The summed E-state index contributed by atoms with van der Waals surface area (Å²) < 4.78 is 4.84. The van der Waals surface area contributed by atoms with E-state index in [1.54, 1.807) is 31.2 Å². The van der Waals surface area contributed by atoms with Crippen LogP contribution in [0.1, 0.15) is 17.3 Å². The summed E-state index contributed by atoms with van der Waals surface area (Å²) in [4.78, 5) is 23.4. The third kappa shape index (κ3) is 3.92. The Balaban J connectivity index is 2.75. The highest BCUT2D eigenvalue weighted by molar-refractivity contribution is 5.97. The van der Waals surface area contributed by atoms with Crippen molar-refractivity contribution in [1.82, 2.24) is 5.32 Å². The highest BCUT2D eigenvalue weighted by Crippen LogP contribution is 2.00. The number of carbonyl (C=O) groups excluding carboxylic acids is 2. The van der Waals surface area contributed by atoms with Gasteiger partial charge in [0.05, 0.1) is 6.61 Å². The molecule has 0 radical (unpaired) electrons. The van der Waals surface area contributed by atoms with Crippen LogP contribution in [0.5, 0.6) is 0 Å². The fourth-order valence-corrected chi connectivity index (χ4v) is 1.33. The molecule has 1 rings (SSSR count). The number of rotatable bonds is 5. The van der Waals surface area contributed by atoms with Crippen LogP contribution >= 0.6 is 0 Å². The number of nitrogens with one attached hydrogen (secondary N) is 1. The van der Waals surface area contributed by atoms with Crippen LogP contribution in [0.2, 0.25) is 0 Å². The molecular weight excluding hydrogens is 230 g/mol. The number of ether oxygens (including phenoxy) is 1. The summed E-state index contributed by atoms with van der Waals surface area (Å²) >= 11 is 0. The molecule has 0 fully saturated rings. The van der Waals surface area contributed by atoms with Gasteiger partial charge in [0.1, 0.15) is 0 Å². The smallest absolute Gasteiger partial charge is 0.333 e. The molecule has 0 saturated carbocycles. The summed E-state index contributed by atoms with van der Waals surface area (Å²) in [7, 11) is 0. The van der Waals surface area contributed by atoms with Crippen LogP contribution < -0.4 is 5.32 Å². The lowest BCUT2D eigenvalue weighted by Gasteiger charge is -2.12. The standard InChI is InChI=1S/C14H15NO3/c1-3-8-12(14(17)18-4-2)15-13(16)11-9-6-5-7-10-11/h5-10,12H,1,4H2,2H3,(H,15,16). The summed E-state index contributed by atoms with van der Waals surface area (Å²) in [6.45, 7) is 5.33. The van der Waals surface area contributed by atoms with Crippen LogP contribution in [-0.4, -0.2) is 24.5 Å². The van der Waals surface area contributed by atoms with Crippen LogP contribution in [0, 0.1) is 0 Å². The third-order valence-corrected chi connectivity index (χ3v) is 2.15. The molecule has 1 atom stereocenters. The Kier molecular flexibility index (Phi) is 5.42. The van der Waals surface area contributed by atoms with Crippen LogP contribution in [0.3, 0.4) is 0 Å². The van der Waals surface area contributed by atoms with E-state index in [2.05, 4.69) is 17.6 Å². The molecule has 0 bridgehead atoms. The Morgan fingerprint density at radius 3 is 2.67 bits per heavy atom. The molecule has 94 valence electrons. The van der Waals surface area contributed by atoms with Crippen LogP contribution in [-0.2, 0) is 9.53 Å². The Hall–Kier alpha value is -2.32. The minimum Gasteiger partial charge on any atom is -0.464 e. The summed E-state index contributed by atoms with van der Waals surface area (Å²) in [6.07, 6.45) is 1.36. The Morgan fingerprint density at radius 2 is 2.11 bits per heavy atom. The average molecular weight is 245 g/mol. The van der Waals surface area contributed by atoms with E-state index in [0.29, 0.717) is 5.56 Å². The lowest BCUT2D eigenvalue weighted by molar-refractivity contribution is -0.144. The monoisotopic (exact) mass is 245 g/mol. The SMILES string of the molecule is C=C=CC(NC(=O)c1ccccc1)C(=O)OCC. The molecular formula is C14H15NO3. The van der Waals surface area contributed by atoms with Crippen molar-refractivity contribution in [2.45, 2.75) is 13.0 Å². The topological polar surface area (TPSA) is 55.4 Å². The van der Waals surface area contributed by atoms with Gasteiger partial charge in [-0.2, -0.15) is 0 Å². The highest BCUT2D eigenvalue weighted by Gasteiger charge is 2.19. The summed E-state index contributed by atoms with van der Waals surface area (Å²) in [5.74, 6) is -0.877. The highest BCUT2D eigenvalue weighted by atomic mass is 16.5. The predicted octanol–water partition coefficient (Wildman–Crippen LogP) is 1.69. The van der Waals surface area contributed by atoms with Gasteiger partial charge in [0.2, 0.25) is 0 Å². The van der Waals surface area contributed by atoms with Crippen molar-refractivity contribution in [1.29, 1.82) is 0 Å². The Morgan fingerprint density at radius 1 is 1.44 bits per heavy atom. The second kappa shape index (κ2) is 7.09. The molecule has 0 aliphatic heterocycles. The molecule has 4 heteroatoms. The van der Waals surface area contributed by atoms with Gasteiger partial charge in [0.25, 0.3) is 5.91 Å². The Labute approximate surface area is 106 Å². The van der Waals surface area contributed by atoms with Crippen molar-refractivity contribution in [2.75, 3.05) is 6.61 Å². The molecule has 0 aliphatic carbocycles. The Bertz CT molecular complexity index is 461. The normalized spacial score (nSPS) is 10.9. The lowest BCUT2D eigenvalue weighted by atomic mass is 10.2. The zero-order valence-corrected chi connectivity index (χ0v) is 10.2. The minimum atomic E-state index is -0.866. The predicted molar refractivity (Wildman–Crippen MR) is 68.0 cm³/mol. The third-order valence-electron chi connectivity index (χ3n) is 2.15. The first-order valence-electron chi connectivity index (χ1n) is 5.57. The van der Waals surface area contributed by atoms with Crippen molar-refractivity contribution < 1.29 is 14.3 Å². The molecule has 1 aromatic rings. The molecule has 4 nitrogen and oxygen atoms in total. The molecule has 0 heterocycles. The van der Waals surface area contributed by atoms with E-state index in [1.165, 1.54) is 6.08 Å². The molecule has 0 saturated heterocycles. The van der Waals surface area contributed by atoms with Crippen molar-refractivity contribution >= 4 is 11.9 Å². The van der Waals surface area contributed by atoms with E-state index in [4.69, 9.17) is 4.74 Å². The first-order valence-corrected chi connectivity index (χ1v) is 5.57. The van der Waals surface area contributed by atoms with Crippen molar-refractivity contribution in [3.05, 3.63) is 54.3 Å². The van der Waals surface area contributed by atoms with Gasteiger partial charge < -0.3 is 10.1 Å². The molecule has 1 amide bonds. The van der Waals surface area contributed by atoms with Crippen LogP contribution in [0.15, 0.2) is 48.7 Å². The van der Waals surface area contributed by atoms with Gasteiger partial charge in [0, 0.05) is 5.56 Å². The fourth-order valence-electron chi connectivity index (χ4n) is 1.33. The number of carbonyl (C=O) groups is 2. The van der Waals surface area contributed by atoms with E-state index in [1.807, 2.05) is 6.07 Å². The number of esters is 1. The molecule has 1 N–H and O–H groups in total. The van der Waals surface area contributed by atoms with Gasteiger partial charge in [-0.05, 0) is 25.1 Å². The van der Waals surface area contributed by atoms with Gasteiger partial charge in [-0.25, -0.2) is 4.79 Å². The zero-order valence-electron chi connectivity index (χ0n) is 10.2. The molecule has 0 aliphatic rings. The van der Waals surface area contributed by atoms with E-state index < -0.39 is 12.0 Å². The van der Waals surface area contributed by atoms with Crippen molar-refractivity contribution in [3.8, 4) is 0 Å². The molecule has 1 unspecified atom stereocenters. The average Bonchev–Trinajstić information content (AvgIpc) is 2.39. The maximum Gasteiger partial charge on any atom is 0.333 e.